The smallest absolute Gasteiger partial charge is 0.409 e. The van der Waals surface area contributed by atoms with Crippen LogP contribution in [0.2, 0.25) is 0 Å². The zero-order valence-electron chi connectivity index (χ0n) is 15.5. The highest BCUT2D eigenvalue weighted by atomic mass is 16.5. The van der Waals surface area contributed by atoms with E-state index in [1.807, 2.05) is 54.6 Å². The molecule has 0 radical (unpaired) electrons. The van der Waals surface area contributed by atoms with Gasteiger partial charge in [-0.1, -0.05) is 61.9 Å². The van der Waals surface area contributed by atoms with E-state index in [-0.39, 0.29) is 12.5 Å². The van der Waals surface area contributed by atoms with Gasteiger partial charge in [0.1, 0.15) is 6.61 Å². The summed E-state index contributed by atoms with van der Waals surface area (Å²) in [5, 5.41) is 2.59. The number of alkyl carbamates (subject to hydrolysis) is 1. The summed E-state index contributed by atoms with van der Waals surface area (Å²) < 4.78 is 5.24. The lowest BCUT2D eigenvalue weighted by atomic mass is 10.0. The fourth-order valence-corrected chi connectivity index (χ4v) is 3.00. The summed E-state index contributed by atoms with van der Waals surface area (Å²) in [6, 6.07) is 17.0. The summed E-state index contributed by atoms with van der Waals surface area (Å²) >= 11 is 0. The summed E-state index contributed by atoms with van der Waals surface area (Å²) in [4.78, 5) is 31.1. The minimum Gasteiger partial charge on any atom is -0.445 e. The van der Waals surface area contributed by atoms with Gasteiger partial charge in [0, 0.05) is 18.3 Å². The van der Waals surface area contributed by atoms with E-state index in [0.717, 1.165) is 35.4 Å². The fourth-order valence-electron chi connectivity index (χ4n) is 3.00. The molecule has 0 spiro atoms. The third-order valence-electron chi connectivity index (χ3n) is 4.38. The van der Waals surface area contributed by atoms with Crippen molar-refractivity contribution in [2.24, 2.45) is 4.99 Å². The van der Waals surface area contributed by atoms with Gasteiger partial charge in [0.2, 0.25) is 6.17 Å². The van der Waals surface area contributed by atoms with Crippen LogP contribution in [0.3, 0.4) is 0 Å². The van der Waals surface area contributed by atoms with E-state index in [4.69, 9.17) is 4.74 Å². The topological polar surface area (TPSA) is 71.0 Å². The van der Waals surface area contributed by atoms with Gasteiger partial charge in [-0.3, -0.25) is 15.1 Å². The lowest BCUT2D eigenvalue weighted by molar-refractivity contribution is -0.120. The summed E-state index contributed by atoms with van der Waals surface area (Å²) in [6.07, 6.45) is -0.0746. The maximum Gasteiger partial charge on any atom is 0.409 e. The van der Waals surface area contributed by atoms with E-state index >= 15 is 0 Å². The summed E-state index contributed by atoms with van der Waals surface area (Å²) in [7, 11) is 1.69. The number of hydrogen-bond donors (Lipinski definition) is 1. The Kier molecular flexibility index (Phi) is 5.86. The molecule has 0 fully saturated rings. The van der Waals surface area contributed by atoms with Gasteiger partial charge < -0.3 is 9.64 Å². The first-order valence-corrected chi connectivity index (χ1v) is 9.01. The van der Waals surface area contributed by atoms with Gasteiger partial charge in [-0.15, -0.1) is 0 Å². The van der Waals surface area contributed by atoms with Crippen molar-refractivity contribution in [1.82, 2.24) is 5.32 Å². The number of para-hydroxylation sites is 1. The number of amides is 2. The average molecular weight is 365 g/mol. The number of rotatable bonds is 5. The molecular formula is C21H23N3O3. The summed E-state index contributed by atoms with van der Waals surface area (Å²) in [5.41, 5.74) is 3.38. The summed E-state index contributed by atoms with van der Waals surface area (Å²) in [6.45, 7) is 2.19. The largest absolute Gasteiger partial charge is 0.445 e. The predicted molar refractivity (Wildman–Crippen MR) is 105 cm³/mol. The summed E-state index contributed by atoms with van der Waals surface area (Å²) in [5.74, 6) is -0.301. The first-order valence-electron chi connectivity index (χ1n) is 9.01. The lowest BCUT2D eigenvalue weighted by Crippen LogP contribution is -2.46. The normalized spacial score (nSPS) is 16.2. The number of nitrogens with zero attached hydrogens (tertiary/aromatic N) is 2. The molecule has 1 aliphatic heterocycles. The molecule has 0 aliphatic carbocycles. The van der Waals surface area contributed by atoms with E-state index in [9.17, 15) is 9.59 Å². The van der Waals surface area contributed by atoms with Crippen LogP contribution in [0, 0.1) is 0 Å². The molecule has 1 N–H and O–H groups in total. The number of carbonyl (C=O) groups excluding carboxylic acids is 2. The molecule has 2 amide bonds. The Morgan fingerprint density at radius 1 is 1.15 bits per heavy atom. The first kappa shape index (κ1) is 18.6. The van der Waals surface area contributed by atoms with Crippen molar-refractivity contribution >= 4 is 23.4 Å². The molecule has 3 rings (SSSR count). The number of fused-ring (bicyclic) bond motifs is 1. The minimum absolute atomic E-state index is 0.134. The van der Waals surface area contributed by atoms with Gasteiger partial charge in [-0.2, -0.15) is 0 Å². The van der Waals surface area contributed by atoms with E-state index in [1.165, 1.54) is 4.90 Å². The van der Waals surface area contributed by atoms with Crippen LogP contribution in [0.4, 0.5) is 10.5 Å². The Labute approximate surface area is 158 Å². The molecular weight excluding hydrogens is 342 g/mol. The molecule has 1 aliphatic rings. The van der Waals surface area contributed by atoms with Crippen LogP contribution in [0.5, 0.6) is 0 Å². The Morgan fingerprint density at radius 2 is 1.85 bits per heavy atom. The molecule has 0 aromatic heterocycles. The Morgan fingerprint density at radius 3 is 2.59 bits per heavy atom. The van der Waals surface area contributed by atoms with E-state index in [1.54, 1.807) is 7.05 Å². The maximum absolute atomic E-state index is 12.8. The van der Waals surface area contributed by atoms with E-state index in [0.29, 0.717) is 0 Å². The number of anilines is 1. The molecule has 1 heterocycles. The van der Waals surface area contributed by atoms with Crippen molar-refractivity contribution in [2.75, 3.05) is 11.9 Å². The van der Waals surface area contributed by atoms with Crippen molar-refractivity contribution < 1.29 is 14.3 Å². The van der Waals surface area contributed by atoms with Crippen molar-refractivity contribution in [3.05, 3.63) is 65.7 Å². The van der Waals surface area contributed by atoms with Crippen molar-refractivity contribution in [3.8, 4) is 0 Å². The van der Waals surface area contributed by atoms with Gasteiger partial charge in [0.05, 0.1) is 5.69 Å². The molecule has 0 bridgehead atoms. The standard InChI is InChI=1S/C21H23N3O3/c1-3-9-17-16-12-7-8-13-18(16)24(2)20(25)19(22-17)23-21(26)27-14-15-10-5-4-6-11-15/h4-8,10-13,19H,3,9,14H2,1-2H3,(H,23,26). The molecule has 27 heavy (non-hydrogen) atoms. The molecule has 0 saturated heterocycles. The fraction of sp³-hybridized carbons (Fsp3) is 0.286. The van der Waals surface area contributed by atoms with Gasteiger partial charge in [-0.25, -0.2) is 4.79 Å². The van der Waals surface area contributed by atoms with Crippen LogP contribution in [0.15, 0.2) is 59.6 Å². The third-order valence-corrected chi connectivity index (χ3v) is 4.38. The van der Waals surface area contributed by atoms with Gasteiger partial charge in [0.15, 0.2) is 0 Å². The van der Waals surface area contributed by atoms with Crippen molar-refractivity contribution in [2.45, 2.75) is 32.5 Å². The number of aliphatic imine (C=N–C) groups is 1. The Hall–Kier alpha value is -3.15. The van der Waals surface area contributed by atoms with Crippen LogP contribution >= 0.6 is 0 Å². The van der Waals surface area contributed by atoms with Gasteiger partial charge in [0.25, 0.3) is 5.91 Å². The zero-order chi connectivity index (χ0) is 19.2. The highest BCUT2D eigenvalue weighted by molar-refractivity contribution is 6.12. The maximum atomic E-state index is 12.8. The number of hydrogen-bond acceptors (Lipinski definition) is 4. The molecule has 6 nitrogen and oxygen atoms in total. The van der Waals surface area contributed by atoms with Crippen LogP contribution in [0.25, 0.3) is 0 Å². The van der Waals surface area contributed by atoms with Crippen molar-refractivity contribution in [3.63, 3.8) is 0 Å². The minimum atomic E-state index is -1.01. The number of nitrogens with one attached hydrogen (secondary N) is 1. The number of ether oxygens (including phenoxy) is 1. The van der Waals surface area contributed by atoms with Crippen molar-refractivity contribution in [1.29, 1.82) is 0 Å². The molecule has 0 saturated carbocycles. The van der Waals surface area contributed by atoms with Gasteiger partial charge >= 0.3 is 6.09 Å². The molecule has 6 heteroatoms. The Balaban J connectivity index is 1.77. The number of carbonyl (C=O) groups is 2. The van der Waals surface area contributed by atoms with E-state index in [2.05, 4.69) is 17.2 Å². The number of likely N-dealkylation sites (N-methyl/N-ethyl adjacent to an activating group) is 1. The highest BCUT2D eigenvalue weighted by Crippen LogP contribution is 2.25. The van der Waals surface area contributed by atoms with Gasteiger partial charge in [-0.05, 0) is 18.1 Å². The van der Waals surface area contributed by atoms with Crippen LogP contribution in [0.1, 0.15) is 30.9 Å². The second-order valence-corrected chi connectivity index (χ2v) is 6.35. The predicted octanol–water partition coefficient (Wildman–Crippen LogP) is 3.50. The zero-order valence-corrected chi connectivity index (χ0v) is 15.5. The average Bonchev–Trinajstić information content (AvgIpc) is 2.79. The number of benzodiazepines with no additional fused rings is 1. The second kappa shape index (κ2) is 8.49. The van der Waals surface area contributed by atoms with Crippen LogP contribution < -0.4 is 10.2 Å². The molecule has 140 valence electrons. The SMILES string of the molecule is CCCC1=NC(NC(=O)OCc2ccccc2)C(=O)N(C)c2ccccc21. The lowest BCUT2D eigenvalue weighted by Gasteiger charge is -2.20. The molecule has 1 atom stereocenters. The molecule has 1 unspecified atom stereocenters. The first-order chi connectivity index (χ1) is 13.1. The van der Waals surface area contributed by atoms with Crippen LogP contribution in [-0.2, 0) is 16.1 Å². The second-order valence-electron chi connectivity index (χ2n) is 6.35. The molecule has 2 aromatic rings. The third kappa shape index (κ3) is 4.34. The van der Waals surface area contributed by atoms with Crippen LogP contribution in [-0.4, -0.2) is 30.9 Å². The highest BCUT2D eigenvalue weighted by Gasteiger charge is 2.30. The molecule has 2 aromatic carbocycles. The quantitative estimate of drug-likeness (QED) is 0.881. The number of benzene rings is 2. The Bertz CT molecular complexity index is 849. The van der Waals surface area contributed by atoms with E-state index < -0.39 is 12.3 Å². The monoisotopic (exact) mass is 365 g/mol.